The first-order valence-electron chi connectivity index (χ1n) is 7.34. The number of nitrogens with zero attached hydrogens (tertiary/aromatic N) is 3. The number of hydrogen-bond donors (Lipinski definition) is 2. The molecule has 0 saturated carbocycles. The summed E-state index contributed by atoms with van der Waals surface area (Å²) in [5.41, 5.74) is 6.92. The van der Waals surface area contributed by atoms with Crippen molar-refractivity contribution >= 4 is 58.0 Å². The molecule has 0 saturated heterocycles. The summed E-state index contributed by atoms with van der Waals surface area (Å²) in [6, 6.07) is 7.63. The molecule has 1 aromatic heterocycles. The molecule has 0 aliphatic carbocycles. The fourth-order valence-corrected chi connectivity index (χ4v) is 4.63. The molecule has 0 unspecified atom stereocenters. The molecule has 25 heavy (non-hydrogen) atoms. The summed E-state index contributed by atoms with van der Waals surface area (Å²) in [6.07, 6.45) is 0. The zero-order valence-corrected chi connectivity index (χ0v) is 16.5. The lowest BCUT2D eigenvalue weighted by Gasteiger charge is -2.14. The highest BCUT2D eigenvalue weighted by Crippen LogP contribution is 2.31. The first-order chi connectivity index (χ1) is 11.8. The molecule has 0 bridgehead atoms. The first-order valence-corrected chi connectivity index (χ1v) is 10.0. The van der Waals surface area contributed by atoms with Gasteiger partial charge in [0.05, 0.1) is 11.0 Å². The number of anilines is 2. The largest absolute Gasteiger partial charge is 0.378 e. The normalized spacial score (nSPS) is 11.8. The SMILES string of the molecule is C[C@H](Sc1nnc(SCC(N)=O)s1)C(=O)Nc1ccc(N(C)C)cc1. The quantitative estimate of drug-likeness (QED) is 0.659. The summed E-state index contributed by atoms with van der Waals surface area (Å²) < 4.78 is 1.34. The zero-order chi connectivity index (χ0) is 18.4. The number of nitrogens with two attached hydrogens (primary N) is 1. The van der Waals surface area contributed by atoms with E-state index in [-0.39, 0.29) is 16.9 Å². The molecule has 7 nitrogen and oxygen atoms in total. The van der Waals surface area contributed by atoms with E-state index >= 15 is 0 Å². The van der Waals surface area contributed by atoms with Crippen molar-refractivity contribution in [2.75, 3.05) is 30.1 Å². The molecule has 0 fully saturated rings. The van der Waals surface area contributed by atoms with Crippen LogP contribution in [0.5, 0.6) is 0 Å². The van der Waals surface area contributed by atoms with E-state index in [1.807, 2.05) is 50.2 Å². The maximum absolute atomic E-state index is 12.3. The Morgan fingerprint density at radius 2 is 1.88 bits per heavy atom. The summed E-state index contributed by atoms with van der Waals surface area (Å²) in [5, 5.41) is 10.6. The maximum Gasteiger partial charge on any atom is 0.237 e. The highest BCUT2D eigenvalue weighted by molar-refractivity contribution is 8.04. The fourth-order valence-electron chi connectivity index (χ4n) is 1.73. The molecule has 134 valence electrons. The van der Waals surface area contributed by atoms with Gasteiger partial charge in [-0.1, -0.05) is 34.9 Å². The molecule has 0 spiro atoms. The van der Waals surface area contributed by atoms with Crippen LogP contribution in [0.25, 0.3) is 0 Å². The van der Waals surface area contributed by atoms with Crippen molar-refractivity contribution in [2.45, 2.75) is 20.9 Å². The van der Waals surface area contributed by atoms with Crippen LogP contribution >= 0.6 is 34.9 Å². The van der Waals surface area contributed by atoms with E-state index in [1.54, 1.807) is 0 Å². The van der Waals surface area contributed by atoms with Crippen molar-refractivity contribution in [3.63, 3.8) is 0 Å². The minimum absolute atomic E-state index is 0.107. The number of carbonyl (C=O) groups excluding carboxylic acids is 2. The second-order valence-electron chi connectivity index (χ2n) is 5.28. The van der Waals surface area contributed by atoms with Gasteiger partial charge < -0.3 is 16.0 Å². The number of benzene rings is 1. The summed E-state index contributed by atoms with van der Waals surface area (Å²) >= 11 is 3.92. The second kappa shape index (κ2) is 9.07. The molecule has 1 heterocycles. The third-order valence-electron chi connectivity index (χ3n) is 3.02. The van der Waals surface area contributed by atoms with E-state index in [4.69, 9.17) is 5.73 Å². The first kappa shape index (κ1) is 19.5. The standard InChI is InChI=1S/C15H19N5O2S3/c1-9(24-15-19-18-14(25-15)23-8-12(16)21)13(22)17-10-4-6-11(7-5-10)20(2)3/h4-7,9H,8H2,1-3H3,(H2,16,21)(H,17,22)/t9-/m0/s1. The number of thioether (sulfide) groups is 2. The van der Waals surface area contributed by atoms with Crippen molar-refractivity contribution in [3.05, 3.63) is 24.3 Å². The van der Waals surface area contributed by atoms with E-state index in [2.05, 4.69) is 15.5 Å². The van der Waals surface area contributed by atoms with E-state index in [9.17, 15) is 9.59 Å². The fraction of sp³-hybridized carbons (Fsp3) is 0.333. The van der Waals surface area contributed by atoms with Gasteiger partial charge in [-0.2, -0.15) is 0 Å². The van der Waals surface area contributed by atoms with E-state index in [0.29, 0.717) is 8.68 Å². The Morgan fingerprint density at radius 1 is 1.24 bits per heavy atom. The molecule has 2 aromatic rings. The predicted octanol–water partition coefficient (Wildman–Crippen LogP) is 2.30. The van der Waals surface area contributed by atoms with Gasteiger partial charge in [-0.15, -0.1) is 10.2 Å². The Kier molecular flexibility index (Phi) is 7.09. The van der Waals surface area contributed by atoms with Crippen molar-refractivity contribution < 1.29 is 9.59 Å². The lowest BCUT2D eigenvalue weighted by atomic mass is 10.2. The van der Waals surface area contributed by atoms with Crippen LogP contribution in [0.3, 0.4) is 0 Å². The molecule has 2 amide bonds. The molecule has 0 radical (unpaired) electrons. The van der Waals surface area contributed by atoms with Gasteiger partial charge in [-0.3, -0.25) is 9.59 Å². The van der Waals surface area contributed by atoms with Gasteiger partial charge in [0.25, 0.3) is 0 Å². The number of carbonyl (C=O) groups is 2. The van der Waals surface area contributed by atoms with Gasteiger partial charge in [0.15, 0.2) is 8.68 Å². The lowest BCUT2D eigenvalue weighted by Crippen LogP contribution is -2.22. The Labute approximate surface area is 158 Å². The number of rotatable bonds is 8. The van der Waals surface area contributed by atoms with Gasteiger partial charge in [-0.05, 0) is 31.2 Å². The molecule has 0 aliphatic rings. The second-order valence-corrected chi connectivity index (χ2v) is 9.07. The van der Waals surface area contributed by atoms with E-state index in [0.717, 1.165) is 11.4 Å². The average molecular weight is 398 g/mol. The number of nitrogens with one attached hydrogen (secondary N) is 1. The Balaban J connectivity index is 1.88. The van der Waals surface area contributed by atoms with Crippen LogP contribution in [-0.2, 0) is 9.59 Å². The Bertz CT molecular complexity index is 733. The smallest absolute Gasteiger partial charge is 0.237 e. The molecule has 2 rings (SSSR count). The van der Waals surface area contributed by atoms with Crippen LogP contribution in [0.2, 0.25) is 0 Å². The molecule has 0 aliphatic heterocycles. The van der Waals surface area contributed by atoms with Crippen molar-refractivity contribution in [1.29, 1.82) is 0 Å². The van der Waals surface area contributed by atoms with Crippen LogP contribution in [0.4, 0.5) is 11.4 Å². The number of hydrogen-bond acceptors (Lipinski definition) is 8. The van der Waals surface area contributed by atoms with Gasteiger partial charge in [0.1, 0.15) is 0 Å². The van der Waals surface area contributed by atoms with Crippen LogP contribution in [0.15, 0.2) is 32.9 Å². The van der Waals surface area contributed by atoms with Crippen LogP contribution in [-0.4, -0.2) is 47.1 Å². The van der Waals surface area contributed by atoms with E-state index < -0.39 is 5.91 Å². The third-order valence-corrected chi connectivity index (χ3v) is 6.29. The maximum atomic E-state index is 12.3. The molecular formula is C15H19N5O2S3. The van der Waals surface area contributed by atoms with Gasteiger partial charge in [-0.25, -0.2) is 0 Å². The van der Waals surface area contributed by atoms with Crippen molar-refractivity contribution in [2.24, 2.45) is 5.73 Å². The number of primary amides is 1. The Morgan fingerprint density at radius 3 is 2.48 bits per heavy atom. The molecular weight excluding hydrogens is 378 g/mol. The molecule has 1 aromatic carbocycles. The van der Waals surface area contributed by atoms with Gasteiger partial charge in [0, 0.05) is 25.5 Å². The lowest BCUT2D eigenvalue weighted by molar-refractivity contribution is -0.116. The number of aromatic nitrogens is 2. The van der Waals surface area contributed by atoms with E-state index in [1.165, 1.54) is 34.9 Å². The van der Waals surface area contributed by atoms with Gasteiger partial charge >= 0.3 is 0 Å². The molecule has 1 atom stereocenters. The summed E-state index contributed by atoms with van der Waals surface area (Å²) in [4.78, 5) is 25.1. The molecule has 3 N–H and O–H groups in total. The monoisotopic (exact) mass is 397 g/mol. The van der Waals surface area contributed by atoms with Gasteiger partial charge in [0.2, 0.25) is 11.8 Å². The summed E-state index contributed by atoms with van der Waals surface area (Å²) in [7, 11) is 3.93. The van der Waals surface area contributed by atoms with Crippen molar-refractivity contribution in [3.8, 4) is 0 Å². The predicted molar refractivity (Wildman–Crippen MR) is 105 cm³/mol. The van der Waals surface area contributed by atoms with Crippen LogP contribution < -0.4 is 16.0 Å². The molecule has 10 heteroatoms. The topological polar surface area (TPSA) is 101 Å². The highest BCUT2D eigenvalue weighted by atomic mass is 32.2. The zero-order valence-electron chi connectivity index (χ0n) is 14.1. The van der Waals surface area contributed by atoms with Crippen LogP contribution in [0.1, 0.15) is 6.92 Å². The Hall–Kier alpha value is -1.78. The minimum Gasteiger partial charge on any atom is -0.378 e. The summed E-state index contributed by atoms with van der Waals surface area (Å²) in [6.45, 7) is 1.81. The highest BCUT2D eigenvalue weighted by Gasteiger charge is 2.17. The number of amides is 2. The minimum atomic E-state index is -0.401. The third kappa shape index (κ3) is 6.22. The summed E-state index contributed by atoms with van der Waals surface area (Å²) in [5.74, 6) is -0.343. The van der Waals surface area contributed by atoms with Crippen molar-refractivity contribution in [1.82, 2.24) is 10.2 Å². The van der Waals surface area contributed by atoms with Crippen LogP contribution in [0, 0.1) is 0 Å². The average Bonchev–Trinajstić information content (AvgIpc) is 3.00.